The number of ether oxygens (including phenoxy) is 2. The third kappa shape index (κ3) is 3.07. The molecule has 0 spiro atoms. The molecule has 1 aromatic rings. The van der Waals surface area contributed by atoms with Crippen molar-refractivity contribution in [3.05, 3.63) is 23.8 Å². The van der Waals surface area contributed by atoms with Crippen molar-refractivity contribution < 1.29 is 14.6 Å². The number of β-amino-alcohol motifs (C(OH)–C–C–N with tert-alkyl or cyclic N) is 1. The van der Waals surface area contributed by atoms with Crippen molar-refractivity contribution in [2.24, 2.45) is 5.92 Å². The molecule has 0 saturated carbocycles. The maximum atomic E-state index is 10.4. The smallest absolute Gasteiger partial charge is 0.161 e. The molecule has 20 heavy (non-hydrogen) atoms. The summed E-state index contributed by atoms with van der Waals surface area (Å²) in [5.41, 5.74) is 0.910. The van der Waals surface area contributed by atoms with Gasteiger partial charge in [-0.15, -0.1) is 0 Å². The number of piperidine rings is 1. The number of nitrogens with zero attached hydrogens (tertiary/aromatic N) is 1. The van der Waals surface area contributed by atoms with Gasteiger partial charge in [-0.2, -0.15) is 0 Å². The van der Waals surface area contributed by atoms with E-state index in [4.69, 9.17) is 9.47 Å². The van der Waals surface area contributed by atoms with Crippen LogP contribution in [0.15, 0.2) is 18.2 Å². The van der Waals surface area contributed by atoms with Gasteiger partial charge >= 0.3 is 0 Å². The van der Waals surface area contributed by atoms with Gasteiger partial charge in [0.1, 0.15) is 13.2 Å². The SMILES string of the molecule is C[C@H]1CCCN(C[C@H](O)c2ccc3c(c2)OCCO3)C1. The topological polar surface area (TPSA) is 41.9 Å². The first-order valence-electron chi connectivity index (χ1n) is 7.52. The molecule has 0 bridgehead atoms. The van der Waals surface area contributed by atoms with Crippen LogP contribution in [0.4, 0.5) is 0 Å². The van der Waals surface area contributed by atoms with Gasteiger partial charge in [-0.1, -0.05) is 13.0 Å². The van der Waals surface area contributed by atoms with Crippen LogP contribution in [0, 0.1) is 5.92 Å². The first kappa shape index (κ1) is 13.7. The van der Waals surface area contributed by atoms with E-state index in [1.165, 1.54) is 12.8 Å². The van der Waals surface area contributed by atoms with E-state index in [-0.39, 0.29) is 0 Å². The molecule has 0 unspecified atom stereocenters. The van der Waals surface area contributed by atoms with E-state index < -0.39 is 6.10 Å². The van der Waals surface area contributed by atoms with E-state index in [2.05, 4.69) is 11.8 Å². The minimum absolute atomic E-state index is 0.462. The number of aliphatic hydroxyl groups is 1. The van der Waals surface area contributed by atoms with Crippen molar-refractivity contribution in [3.63, 3.8) is 0 Å². The van der Waals surface area contributed by atoms with Gasteiger partial charge in [0, 0.05) is 13.1 Å². The highest BCUT2D eigenvalue weighted by Crippen LogP contribution is 2.33. The summed E-state index contributed by atoms with van der Waals surface area (Å²) in [6, 6.07) is 5.74. The zero-order chi connectivity index (χ0) is 13.9. The summed E-state index contributed by atoms with van der Waals surface area (Å²) in [5.74, 6) is 2.26. The first-order valence-corrected chi connectivity index (χ1v) is 7.52. The van der Waals surface area contributed by atoms with Crippen molar-refractivity contribution in [1.82, 2.24) is 4.90 Å². The predicted molar refractivity (Wildman–Crippen MR) is 77.2 cm³/mol. The van der Waals surface area contributed by atoms with Gasteiger partial charge in [-0.25, -0.2) is 0 Å². The van der Waals surface area contributed by atoms with Crippen LogP contribution in [-0.2, 0) is 0 Å². The highest BCUT2D eigenvalue weighted by atomic mass is 16.6. The third-order valence-corrected chi connectivity index (χ3v) is 4.12. The minimum Gasteiger partial charge on any atom is -0.486 e. The molecular weight excluding hydrogens is 254 g/mol. The van der Waals surface area contributed by atoms with Gasteiger partial charge in [-0.3, -0.25) is 0 Å². The van der Waals surface area contributed by atoms with Crippen molar-refractivity contribution in [2.75, 3.05) is 32.8 Å². The molecule has 4 heteroatoms. The quantitative estimate of drug-likeness (QED) is 0.920. The molecule has 3 rings (SSSR count). The van der Waals surface area contributed by atoms with Crippen LogP contribution in [0.2, 0.25) is 0 Å². The van der Waals surface area contributed by atoms with Crippen molar-refractivity contribution in [3.8, 4) is 11.5 Å². The molecule has 1 N–H and O–H groups in total. The fraction of sp³-hybridized carbons (Fsp3) is 0.625. The lowest BCUT2D eigenvalue weighted by molar-refractivity contribution is 0.0870. The number of hydrogen-bond acceptors (Lipinski definition) is 4. The monoisotopic (exact) mass is 277 g/mol. The van der Waals surface area contributed by atoms with Gasteiger partial charge in [0.2, 0.25) is 0 Å². The van der Waals surface area contributed by atoms with Gasteiger partial charge in [0.05, 0.1) is 6.10 Å². The molecule has 2 aliphatic rings. The molecule has 0 amide bonds. The Kier molecular flexibility index (Phi) is 4.13. The maximum absolute atomic E-state index is 10.4. The molecule has 2 aliphatic heterocycles. The average Bonchev–Trinajstić information content (AvgIpc) is 2.47. The second-order valence-electron chi connectivity index (χ2n) is 5.93. The van der Waals surface area contributed by atoms with Gasteiger partial charge in [0.15, 0.2) is 11.5 Å². The second kappa shape index (κ2) is 6.02. The predicted octanol–water partition coefficient (Wildman–Crippen LogP) is 2.22. The Labute approximate surface area is 120 Å². The molecule has 0 aromatic heterocycles. The van der Waals surface area contributed by atoms with Crippen molar-refractivity contribution in [1.29, 1.82) is 0 Å². The summed E-state index contributed by atoms with van der Waals surface area (Å²) in [7, 11) is 0. The van der Waals surface area contributed by atoms with E-state index in [9.17, 15) is 5.11 Å². The van der Waals surface area contributed by atoms with Crippen LogP contribution >= 0.6 is 0 Å². The highest BCUT2D eigenvalue weighted by molar-refractivity contribution is 5.44. The molecule has 0 aliphatic carbocycles. The summed E-state index contributed by atoms with van der Waals surface area (Å²) >= 11 is 0. The van der Waals surface area contributed by atoms with Gasteiger partial charge in [-0.05, 0) is 43.0 Å². The van der Waals surface area contributed by atoms with Crippen LogP contribution in [0.3, 0.4) is 0 Å². The molecule has 0 radical (unpaired) electrons. The van der Waals surface area contributed by atoms with Crippen molar-refractivity contribution in [2.45, 2.75) is 25.9 Å². The molecule has 4 nitrogen and oxygen atoms in total. The van der Waals surface area contributed by atoms with Crippen LogP contribution in [0.25, 0.3) is 0 Å². The maximum Gasteiger partial charge on any atom is 0.161 e. The number of likely N-dealkylation sites (tertiary alicyclic amines) is 1. The average molecular weight is 277 g/mol. The number of benzene rings is 1. The number of hydrogen-bond donors (Lipinski definition) is 1. The zero-order valence-electron chi connectivity index (χ0n) is 12.0. The molecule has 110 valence electrons. The Balaban J connectivity index is 1.66. The number of aliphatic hydroxyl groups excluding tert-OH is 1. The Morgan fingerprint density at radius 2 is 2.10 bits per heavy atom. The lowest BCUT2D eigenvalue weighted by Crippen LogP contribution is -2.37. The fourth-order valence-corrected chi connectivity index (χ4v) is 3.07. The highest BCUT2D eigenvalue weighted by Gasteiger charge is 2.21. The summed E-state index contributed by atoms with van der Waals surface area (Å²) in [4.78, 5) is 2.36. The molecular formula is C16H23NO3. The first-order chi connectivity index (χ1) is 9.72. The standard InChI is InChI=1S/C16H23NO3/c1-12-3-2-6-17(10-12)11-14(18)13-4-5-15-16(9-13)20-8-7-19-15/h4-5,9,12,14,18H,2-3,6-8,10-11H2,1H3/t12-,14-/m0/s1. The molecule has 2 heterocycles. The summed E-state index contributed by atoms with van der Waals surface area (Å²) in [6.07, 6.45) is 2.07. The lowest BCUT2D eigenvalue weighted by Gasteiger charge is -2.32. The lowest BCUT2D eigenvalue weighted by atomic mass is 9.99. The van der Waals surface area contributed by atoms with Gasteiger partial charge in [0.25, 0.3) is 0 Å². The molecule has 2 atom stereocenters. The number of fused-ring (bicyclic) bond motifs is 1. The Hall–Kier alpha value is -1.26. The normalized spacial score (nSPS) is 24.4. The zero-order valence-corrected chi connectivity index (χ0v) is 12.0. The summed E-state index contributed by atoms with van der Waals surface area (Å²) < 4.78 is 11.1. The van der Waals surface area contributed by atoms with E-state index in [0.29, 0.717) is 19.8 Å². The van der Waals surface area contributed by atoms with E-state index >= 15 is 0 Å². The summed E-state index contributed by atoms with van der Waals surface area (Å²) in [6.45, 7) is 6.33. The Morgan fingerprint density at radius 3 is 2.90 bits per heavy atom. The van der Waals surface area contributed by atoms with E-state index in [0.717, 1.165) is 36.1 Å². The van der Waals surface area contributed by atoms with Crippen LogP contribution in [0.1, 0.15) is 31.4 Å². The van der Waals surface area contributed by atoms with E-state index in [1.807, 2.05) is 18.2 Å². The number of rotatable bonds is 3. The largest absolute Gasteiger partial charge is 0.486 e. The summed E-state index contributed by atoms with van der Waals surface area (Å²) in [5, 5.41) is 10.4. The van der Waals surface area contributed by atoms with Crippen LogP contribution < -0.4 is 9.47 Å². The second-order valence-corrected chi connectivity index (χ2v) is 5.93. The van der Waals surface area contributed by atoms with Gasteiger partial charge < -0.3 is 19.5 Å². The molecule has 1 fully saturated rings. The molecule has 1 aromatic carbocycles. The van der Waals surface area contributed by atoms with E-state index in [1.54, 1.807) is 0 Å². The fourth-order valence-electron chi connectivity index (χ4n) is 3.07. The third-order valence-electron chi connectivity index (χ3n) is 4.12. The van der Waals surface area contributed by atoms with Crippen LogP contribution in [0.5, 0.6) is 11.5 Å². The minimum atomic E-state index is -0.462. The Bertz CT molecular complexity index is 463. The van der Waals surface area contributed by atoms with Crippen molar-refractivity contribution >= 4 is 0 Å². The van der Waals surface area contributed by atoms with Crippen LogP contribution in [-0.4, -0.2) is 42.9 Å². The Morgan fingerprint density at radius 1 is 1.30 bits per heavy atom. The molecule has 1 saturated heterocycles.